The molecule has 26 heavy (non-hydrogen) atoms. The van der Waals surface area contributed by atoms with E-state index >= 15 is 0 Å². The molecular formula is C17H21N3O6. The zero-order chi connectivity index (χ0) is 19.5. The van der Waals surface area contributed by atoms with Gasteiger partial charge in [-0.3, -0.25) is 19.3 Å². The molecule has 0 aromatic heterocycles. The largest absolute Gasteiger partial charge is 0.496 e. The Morgan fingerprint density at radius 1 is 1.35 bits per heavy atom. The summed E-state index contributed by atoms with van der Waals surface area (Å²) in [4.78, 5) is 48.1. The van der Waals surface area contributed by atoms with Crippen LogP contribution in [-0.4, -0.2) is 54.0 Å². The summed E-state index contributed by atoms with van der Waals surface area (Å²) in [6.07, 6.45) is -0.241. The molecule has 1 atom stereocenters. The lowest BCUT2D eigenvalue weighted by molar-refractivity contribution is -0.137. The second-order valence-corrected chi connectivity index (χ2v) is 6.12. The third-order valence-electron chi connectivity index (χ3n) is 4.21. The predicted octanol–water partition coefficient (Wildman–Crippen LogP) is 0.362. The minimum absolute atomic E-state index is 0.0766. The van der Waals surface area contributed by atoms with Gasteiger partial charge in [0, 0.05) is 6.54 Å². The van der Waals surface area contributed by atoms with E-state index in [1.807, 2.05) is 6.92 Å². The van der Waals surface area contributed by atoms with Gasteiger partial charge in [-0.15, -0.1) is 0 Å². The maximum Gasteiger partial charge on any atom is 0.325 e. The third-order valence-corrected chi connectivity index (χ3v) is 4.21. The number of carbonyl (C=O) groups is 4. The zero-order valence-corrected chi connectivity index (χ0v) is 14.8. The normalized spacial score (nSPS) is 19.3. The summed E-state index contributed by atoms with van der Waals surface area (Å²) in [5.74, 6) is -1.56. The fourth-order valence-electron chi connectivity index (χ4n) is 2.73. The summed E-state index contributed by atoms with van der Waals surface area (Å²) >= 11 is 0. The fourth-order valence-corrected chi connectivity index (χ4v) is 2.73. The molecule has 1 aromatic carbocycles. The Hall–Kier alpha value is -3.10. The van der Waals surface area contributed by atoms with Crippen LogP contribution in [-0.2, 0) is 19.9 Å². The van der Waals surface area contributed by atoms with Gasteiger partial charge in [-0.05, 0) is 37.1 Å². The number of carboxylic acids is 1. The molecule has 0 bridgehead atoms. The van der Waals surface area contributed by atoms with Crippen molar-refractivity contribution in [2.75, 3.05) is 20.2 Å². The van der Waals surface area contributed by atoms with Crippen LogP contribution in [0, 0.1) is 6.92 Å². The van der Waals surface area contributed by atoms with Crippen molar-refractivity contribution in [3.05, 3.63) is 29.3 Å². The molecule has 3 N–H and O–H groups in total. The molecule has 9 heteroatoms. The molecule has 1 unspecified atom stereocenters. The van der Waals surface area contributed by atoms with Gasteiger partial charge in [0.1, 0.15) is 17.8 Å². The van der Waals surface area contributed by atoms with Crippen molar-refractivity contribution in [1.82, 2.24) is 15.5 Å². The number of ether oxygens (including phenoxy) is 1. The molecule has 1 saturated heterocycles. The van der Waals surface area contributed by atoms with Crippen LogP contribution in [0.4, 0.5) is 4.79 Å². The van der Waals surface area contributed by atoms with E-state index in [1.165, 1.54) is 7.11 Å². The molecule has 1 aliphatic rings. The summed E-state index contributed by atoms with van der Waals surface area (Å²) in [5, 5.41) is 13.5. The van der Waals surface area contributed by atoms with Gasteiger partial charge < -0.3 is 20.5 Å². The zero-order valence-electron chi connectivity index (χ0n) is 14.8. The van der Waals surface area contributed by atoms with Crippen LogP contribution in [0.3, 0.4) is 0 Å². The highest BCUT2D eigenvalue weighted by Crippen LogP contribution is 2.31. The Bertz CT molecular complexity index is 763. The predicted molar refractivity (Wildman–Crippen MR) is 90.6 cm³/mol. The number of benzene rings is 1. The van der Waals surface area contributed by atoms with Gasteiger partial charge in [0.05, 0.1) is 13.5 Å². The van der Waals surface area contributed by atoms with E-state index in [0.717, 1.165) is 10.5 Å². The topological polar surface area (TPSA) is 125 Å². The highest BCUT2D eigenvalue weighted by atomic mass is 16.5. The molecule has 0 aliphatic carbocycles. The van der Waals surface area contributed by atoms with Crippen molar-refractivity contribution in [2.45, 2.75) is 25.8 Å². The Morgan fingerprint density at radius 3 is 2.62 bits per heavy atom. The van der Waals surface area contributed by atoms with Crippen LogP contribution in [0.2, 0.25) is 0 Å². The minimum atomic E-state index is -1.30. The second kappa shape index (κ2) is 7.42. The number of carboxylic acid groups (broad SMARTS) is 1. The number of hydrogen-bond donors (Lipinski definition) is 3. The highest BCUT2D eigenvalue weighted by molar-refractivity contribution is 6.09. The monoisotopic (exact) mass is 363 g/mol. The third kappa shape index (κ3) is 3.76. The number of urea groups is 1. The first-order valence-corrected chi connectivity index (χ1v) is 7.96. The number of imide groups is 1. The molecule has 0 radical (unpaired) electrons. The van der Waals surface area contributed by atoms with E-state index in [9.17, 15) is 19.2 Å². The van der Waals surface area contributed by atoms with Gasteiger partial charge in [-0.1, -0.05) is 6.07 Å². The highest BCUT2D eigenvalue weighted by Gasteiger charge is 2.49. The number of amides is 4. The average Bonchev–Trinajstić information content (AvgIpc) is 2.78. The summed E-state index contributed by atoms with van der Waals surface area (Å²) in [6, 6.07) is 4.45. The van der Waals surface area contributed by atoms with Crippen LogP contribution in [0.1, 0.15) is 24.5 Å². The molecule has 0 spiro atoms. The number of hydrogen-bond acceptors (Lipinski definition) is 5. The molecule has 9 nitrogen and oxygen atoms in total. The minimum Gasteiger partial charge on any atom is -0.496 e. The molecule has 140 valence electrons. The quantitative estimate of drug-likeness (QED) is 0.601. The summed E-state index contributed by atoms with van der Waals surface area (Å²) < 4.78 is 5.19. The number of aryl methyl sites for hydroxylation is 1. The average molecular weight is 363 g/mol. The van der Waals surface area contributed by atoms with E-state index < -0.39 is 35.9 Å². The van der Waals surface area contributed by atoms with Crippen LogP contribution >= 0.6 is 0 Å². The first-order valence-electron chi connectivity index (χ1n) is 7.96. The van der Waals surface area contributed by atoms with Gasteiger partial charge >= 0.3 is 12.0 Å². The number of rotatable bonds is 7. The Labute approximate surface area is 150 Å². The van der Waals surface area contributed by atoms with E-state index in [2.05, 4.69) is 10.6 Å². The second-order valence-electron chi connectivity index (χ2n) is 6.12. The lowest BCUT2D eigenvalue weighted by atomic mass is 9.90. The van der Waals surface area contributed by atoms with Gasteiger partial charge in [0.2, 0.25) is 5.91 Å². The SMILES string of the molecule is COc1ccc(C2(C)NC(=O)N(CC(=O)NCCC(=O)O)C2=O)cc1C. The number of nitrogens with zero attached hydrogens (tertiary/aromatic N) is 1. The van der Waals surface area contributed by atoms with Crippen molar-refractivity contribution in [3.8, 4) is 5.75 Å². The van der Waals surface area contributed by atoms with Crippen LogP contribution in [0.15, 0.2) is 18.2 Å². The van der Waals surface area contributed by atoms with Crippen molar-refractivity contribution >= 4 is 23.8 Å². The van der Waals surface area contributed by atoms with E-state index in [4.69, 9.17) is 9.84 Å². The van der Waals surface area contributed by atoms with E-state index in [0.29, 0.717) is 11.3 Å². The Balaban J connectivity index is 2.13. The van der Waals surface area contributed by atoms with Crippen LogP contribution in [0.5, 0.6) is 5.75 Å². The maximum absolute atomic E-state index is 12.8. The number of carbonyl (C=O) groups excluding carboxylic acids is 3. The molecular weight excluding hydrogens is 342 g/mol. The lowest BCUT2D eigenvalue weighted by Gasteiger charge is -2.23. The fraction of sp³-hybridized carbons (Fsp3) is 0.412. The first-order chi connectivity index (χ1) is 12.2. The van der Waals surface area contributed by atoms with E-state index in [-0.39, 0.29) is 13.0 Å². The smallest absolute Gasteiger partial charge is 0.325 e. The number of methoxy groups -OCH3 is 1. The van der Waals surface area contributed by atoms with Gasteiger partial charge in [-0.25, -0.2) is 4.79 Å². The molecule has 0 saturated carbocycles. The van der Waals surface area contributed by atoms with Gasteiger partial charge in [0.15, 0.2) is 0 Å². The van der Waals surface area contributed by atoms with Crippen molar-refractivity contribution in [2.24, 2.45) is 0 Å². The van der Waals surface area contributed by atoms with Crippen LogP contribution in [0.25, 0.3) is 0 Å². The standard InChI is InChI=1S/C17H21N3O6/c1-10-8-11(4-5-12(10)26-3)17(2)15(24)20(16(25)19-17)9-13(21)18-7-6-14(22)23/h4-5,8H,6-7,9H2,1-3H3,(H,18,21)(H,19,25)(H,22,23). The van der Waals surface area contributed by atoms with Crippen molar-refractivity contribution < 1.29 is 29.0 Å². The molecule has 4 amide bonds. The maximum atomic E-state index is 12.8. The lowest BCUT2D eigenvalue weighted by Crippen LogP contribution is -2.43. The summed E-state index contributed by atoms with van der Waals surface area (Å²) in [5.41, 5.74) is 0.0798. The van der Waals surface area contributed by atoms with E-state index in [1.54, 1.807) is 25.1 Å². The molecule has 1 fully saturated rings. The first kappa shape index (κ1) is 19.2. The Morgan fingerprint density at radius 2 is 2.04 bits per heavy atom. The number of nitrogens with one attached hydrogen (secondary N) is 2. The molecule has 1 heterocycles. The summed E-state index contributed by atoms with van der Waals surface area (Å²) in [6.45, 7) is 2.83. The molecule has 1 aliphatic heterocycles. The summed E-state index contributed by atoms with van der Waals surface area (Å²) in [7, 11) is 1.54. The molecule has 1 aromatic rings. The number of aliphatic carboxylic acids is 1. The molecule has 2 rings (SSSR count). The van der Waals surface area contributed by atoms with Gasteiger partial charge in [-0.2, -0.15) is 0 Å². The van der Waals surface area contributed by atoms with Crippen molar-refractivity contribution in [1.29, 1.82) is 0 Å². The van der Waals surface area contributed by atoms with Crippen LogP contribution < -0.4 is 15.4 Å². The van der Waals surface area contributed by atoms with Crippen molar-refractivity contribution in [3.63, 3.8) is 0 Å². The van der Waals surface area contributed by atoms with Gasteiger partial charge in [0.25, 0.3) is 5.91 Å². The Kier molecular flexibility index (Phi) is 5.49.